The maximum Gasteiger partial charge on any atom is 0.251 e. The molecule has 0 fully saturated rings. The van der Waals surface area contributed by atoms with Crippen molar-refractivity contribution in [2.45, 2.75) is 58.5 Å². The van der Waals surface area contributed by atoms with Gasteiger partial charge in [0.15, 0.2) is 0 Å². The number of aromatic nitrogens is 1. The largest absolute Gasteiger partial charge is 0.352 e. The number of hydrogen-bond acceptors (Lipinski definition) is 4. The molecule has 0 saturated heterocycles. The zero-order valence-electron chi connectivity index (χ0n) is 22.2. The number of hydrogen-bond donors (Lipinski definition) is 1. The molecule has 0 aliphatic carbocycles. The molecule has 38 heavy (non-hydrogen) atoms. The van der Waals surface area contributed by atoms with E-state index in [9.17, 15) is 9.59 Å². The van der Waals surface area contributed by atoms with Crippen LogP contribution in [0.4, 0.5) is 5.69 Å². The van der Waals surface area contributed by atoms with Gasteiger partial charge < -0.3 is 10.2 Å². The van der Waals surface area contributed by atoms with Gasteiger partial charge in [-0.25, -0.2) is 0 Å². The smallest absolute Gasteiger partial charge is 0.251 e. The molecule has 3 aromatic rings. The number of nitrogens with one attached hydrogen (secondary N) is 1. The van der Waals surface area contributed by atoms with Crippen LogP contribution in [0.5, 0.6) is 0 Å². The summed E-state index contributed by atoms with van der Waals surface area (Å²) < 4.78 is 0. The number of anilines is 1. The summed E-state index contributed by atoms with van der Waals surface area (Å²) in [6.07, 6.45) is 9.98. The molecule has 7 heteroatoms. The first-order valence-corrected chi connectivity index (χ1v) is 13.9. The molecule has 200 valence electrons. The van der Waals surface area contributed by atoms with Gasteiger partial charge in [0.05, 0.1) is 0 Å². The number of fused-ring (bicyclic) bond motifs is 1. The lowest BCUT2D eigenvalue weighted by atomic mass is 10.0. The molecule has 2 amide bonds. The predicted octanol–water partition coefficient (Wildman–Crippen LogP) is 6.03. The molecular weight excluding hydrogens is 496 g/mol. The number of benzene rings is 2. The molecule has 0 radical (unpaired) electrons. The zero-order valence-corrected chi connectivity index (χ0v) is 22.9. The van der Waals surface area contributed by atoms with Crippen molar-refractivity contribution in [1.82, 2.24) is 15.2 Å². The van der Waals surface area contributed by atoms with E-state index in [1.165, 1.54) is 12.8 Å². The van der Waals surface area contributed by atoms with Gasteiger partial charge >= 0.3 is 0 Å². The summed E-state index contributed by atoms with van der Waals surface area (Å²) in [6, 6.07) is 17.5. The molecule has 1 N–H and O–H groups in total. The van der Waals surface area contributed by atoms with E-state index < -0.39 is 0 Å². The summed E-state index contributed by atoms with van der Waals surface area (Å²) in [6.45, 7) is 5.22. The maximum absolute atomic E-state index is 13.1. The molecule has 2 heterocycles. The van der Waals surface area contributed by atoms with Gasteiger partial charge in [-0.1, -0.05) is 49.1 Å². The molecule has 4 rings (SSSR count). The second-order valence-electron chi connectivity index (χ2n) is 9.99. The number of carbonyl (C=O) groups excluding carboxylic acids is 2. The minimum atomic E-state index is -0.110. The highest BCUT2D eigenvalue weighted by atomic mass is 35.5. The minimum Gasteiger partial charge on any atom is -0.352 e. The van der Waals surface area contributed by atoms with E-state index in [2.05, 4.69) is 21.3 Å². The van der Waals surface area contributed by atoms with Gasteiger partial charge in [-0.15, -0.1) is 0 Å². The second-order valence-corrected chi connectivity index (χ2v) is 10.4. The molecule has 0 spiro atoms. The van der Waals surface area contributed by atoms with Gasteiger partial charge in [0.2, 0.25) is 5.91 Å². The Labute approximate surface area is 231 Å². The quantitative estimate of drug-likeness (QED) is 0.421. The Balaban J connectivity index is 1.56. The lowest BCUT2D eigenvalue weighted by molar-refractivity contribution is -0.116. The highest BCUT2D eigenvalue weighted by molar-refractivity contribution is 6.30. The van der Waals surface area contributed by atoms with Crippen LogP contribution in [0.1, 0.15) is 66.1 Å². The Morgan fingerprint density at radius 3 is 2.45 bits per heavy atom. The van der Waals surface area contributed by atoms with E-state index in [0.717, 1.165) is 61.2 Å². The van der Waals surface area contributed by atoms with Crippen molar-refractivity contribution in [3.63, 3.8) is 0 Å². The summed E-state index contributed by atoms with van der Waals surface area (Å²) in [5.41, 5.74) is 4.77. The van der Waals surface area contributed by atoms with Crippen molar-refractivity contribution >= 4 is 29.1 Å². The summed E-state index contributed by atoms with van der Waals surface area (Å²) in [7, 11) is 0. The molecule has 0 bridgehead atoms. The topological polar surface area (TPSA) is 65.5 Å². The van der Waals surface area contributed by atoms with Crippen LogP contribution in [-0.4, -0.2) is 41.3 Å². The molecular formula is C31H37ClN4O2. The fourth-order valence-corrected chi connectivity index (χ4v) is 5.10. The van der Waals surface area contributed by atoms with Gasteiger partial charge in [0.1, 0.15) is 0 Å². The van der Waals surface area contributed by atoms with Crippen molar-refractivity contribution in [3.8, 4) is 0 Å². The van der Waals surface area contributed by atoms with Crippen molar-refractivity contribution in [1.29, 1.82) is 0 Å². The predicted molar refractivity (Wildman–Crippen MR) is 153 cm³/mol. The molecule has 1 aromatic heterocycles. The number of pyridine rings is 1. The van der Waals surface area contributed by atoms with Crippen LogP contribution < -0.4 is 10.2 Å². The third-order valence-corrected chi connectivity index (χ3v) is 7.26. The first kappa shape index (κ1) is 27.8. The lowest BCUT2D eigenvalue weighted by Crippen LogP contribution is -2.33. The van der Waals surface area contributed by atoms with Crippen LogP contribution in [0.15, 0.2) is 67.0 Å². The SMILES string of the molecule is CC(=O)N1CCCCCCCN(Cc2cccnc2)Cc2cc(C(=O)NCCc3ccc(Cl)cc3)ccc21. The van der Waals surface area contributed by atoms with Gasteiger partial charge in [0.25, 0.3) is 5.91 Å². The molecule has 1 aliphatic heterocycles. The number of nitrogens with zero attached hydrogens (tertiary/aromatic N) is 3. The van der Waals surface area contributed by atoms with Gasteiger partial charge in [0, 0.05) is 61.8 Å². The fourth-order valence-electron chi connectivity index (χ4n) is 4.98. The Morgan fingerprint density at radius 2 is 1.71 bits per heavy atom. The number of rotatable bonds is 6. The Kier molecular flexibility index (Phi) is 10.3. The van der Waals surface area contributed by atoms with E-state index in [4.69, 9.17) is 11.6 Å². The lowest BCUT2D eigenvalue weighted by Gasteiger charge is -2.29. The van der Waals surface area contributed by atoms with Gasteiger partial charge in [-0.05, 0) is 78.9 Å². The highest BCUT2D eigenvalue weighted by Gasteiger charge is 2.20. The van der Waals surface area contributed by atoms with Crippen LogP contribution >= 0.6 is 11.6 Å². The Hall–Kier alpha value is -3.22. The van der Waals surface area contributed by atoms with E-state index in [1.54, 1.807) is 13.1 Å². The fraction of sp³-hybridized carbons (Fsp3) is 0.387. The Morgan fingerprint density at radius 1 is 0.947 bits per heavy atom. The van der Waals surface area contributed by atoms with Crippen LogP contribution in [-0.2, 0) is 24.3 Å². The Bertz CT molecular complexity index is 1200. The maximum atomic E-state index is 13.1. The standard InChI is InChI=1S/C31H37ClN4O2/c1-24(37)36-19-6-4-2-3-5-18-35(22-26-8-7-16-33-21-26)23-28-20-27(11-14-30(28)36)31(38)34-17-15-25-9-12-29(32)13-10-25/h7-14,16,20-21H,2-6,15,17-19,22-23H2,1H3,(H,34,38). The molecule has 0 unspecified atom stereocenters. The monoisotopic (exact) mass is 532 g/mol. The normalized spacial score (nSPS) is 15.2. The van der Waals surface area contributed by atoms with Crippen LogP contribution in [0, 0.1) is 0 Å². The summed E-state index contributed by atoms with van der Waals surface area (Å²) in [5.74, 6) is -0.0802. The summed E-state index contributed by atoms with van der Waals surface area (Å²) in [4.78, 5) is 34.4. The van der Waals surface area contributed by atoms with Crippen LogP contribution in [0.25, 0.3) is 0 Å². The molecule has 2 aromatic carbocycles. The number of carbonyl (C=O) groups is 2. The summed E-state index contributed by atoms with van der Waals surface area (Å²) in [5, 5.41) is 3.75. The highest BCUT2D eigenvalue weighted by Crippen LogP contribution is 2.27. The van der Waals surface area contributed by atoms with Crippen molar-refractivity contribution < 1.29 is 9.59 Å². The van der Waals surface area contributed by atoms with E-state index in [0.29, 0.717) is 30.2 Å². The van der Waals surface area contributed by atoms with Gasteiger partial charge in [-0.2, -0.15) is 0 Å². The summed E-state index contributed by atoms with van der Waals surface area (Å²) >= 11 is 5.98. The molecule has 1 aliphatic rings. The van der Waals surface area contributed by atoms with Crippen molar-refractivity contribution in [3.05, 3.63) is 94.3 Å². The van der Waals surface area contributed by atoms with Crippen LogP contribution in [0.2, 0.25) is 5.02 Å². The van der Waals surface area contributed by atoms with E-state index in [1.807, 2.05) is 59.6 Å². The average Bonchev–Trinajstić information content (AvgIpc) is 2.91. The second kappa shape index (κ2) is 14.1. The zero-order chi connectivity index (χ0) is 26.7. The molecule has 0 atom stereocenters. The third-order valence-electron chi connectivity index (χ3n) is 7.00. The van der Waals surface area contributed by atoms with Crippen molar-refractivity contribution in [2.24, 2.45) is 0 Å². The van der Waals surface area contributed by atoms with Crippen molar-refractivity contribution in [2.75, 3.05) is 24.5 Å². The molecule has 6 nitrogen and oxygen atoms in total. The minimum absolute atomic E-state index is 0.0299. The number of amides is 2. The van der Waals surface area contributed by atoms with Gasteiger partial charge in [-0.3, -0.25) is 19.5 Å². The molecule has 0 saturated carbocycles. The first-order chi connectivity index (χ1) is 18.5. The average molecular weight is 533 g/mol. The first-order valence-electron chi connectivity index (χ1n) is 13.5. The van der Waals surface area contributed by atoms with E-state index >= 15 is 0 Å². The third kappa shape index (κ3) is 8.14. The van der Waals surface area contributed by atoms with E-state index in [-0.39, 0.29) is 11.8 Å². The van der Waals surface area contributed by atoms with Crippen LogP contribution in [0.3, 0.4) is 0 Å². The number of halogens is 1.